The highest BCUT2D eigenvalue weighted by molar-refractivity contribution is 5.92. The lowest BCUT2D eigenvalue weighted by molar-refractivity contribution is -0.385. The molecule has 35 heavy (non-hydrogen) atoms. The molecule has 3 aromatic rings. The number of hydrogen-bond donors (Lipinski definition) is 1. The summed E-state index contributed by atoms with van der Waals surface area (Å²) in [5.41, 5.74) is -2.03. The van der Waals surface area contributed by atoms with Crippen molar-refractivity contribution in [1.82, 2.24) is 9.55 Å². The molecule has 186 valence electrons. The Morgan fingerprint density at radius 2 is 1.89 bits per heavy atom. The van der Waals surface area contributed by atoms with E-state index in [1.165, 1.54) is 20.0 Å². The number of pyridine rings is 2. The van der Waals surface area contributed by atoms with E-state index in [1.807, 2.05) is 0 Å². The molecule has 1 aromatic carbocycles. The third-order valence-electron chi connectivity index (χ3n) is 5.87. The highest BCUT2D eigenvalue weighted by Gasteiger charge is 2.33. The predicted molar refractivity (Wildman–Crippen MR) is 120 cm³/mol. The average Bonchev–Trinajstić information content (AvgIpc) is 2.82. The van der Waals surface area contributed by atoms with Crippen molar-refractivity contribution in [1.29, 1.82) is 0 Å². The zero-order valence-corrected chi connectivity index (χ0v) is 18.7. The number of anilines is 2. The molecule has 0 spiro atoms. The van der Waals surface area contributed by atoms with Crippen molar-refractivity contribution in [3.05, 3.63) is 67.9 Å². The summed E-state index contributed by atoms with van der Waals surface area (Å²) in [6.07, 6.45) is -3.88. The number of aryl methyl sites for hydroxylation is 1. The molecule has 0 aliphatic carbocycles. The summed E-state index contributed by atoms with van der Waals surface area (Å²) in [5, 5.41) is 14.4. The number of benzene rings is 1. The van der Waals surface area contributed by atoms with Crippen LogP contribution in [-0.2, 0) is 18.0 Å². The molecule has 0 saturated carbocycles. The van der Waals surface area contributed by atoms with Gasteiger partial charge in [-0.1, -0.05) is 0 Å². The van der Waals surface area contributed by atoms with E-state index in [1.54, 1.807) is 4.90 Å². The maximum atomic E-state index is 14.7. The number of nitro benzene ring substituents is 1. The first-order chi connectivity index (χ1) is 16.5. The zero-order chi connectivity index (χ0) is 25.5. The third-order valence-corrected chi connectivity index (χ3v) is 5.87. The van der Waals surface area contributed by atoms with Crippen molar-refractivity contribution in [2.75, 3.05) is 36.5 Å². The molecule has 0 unspecified atom stereocenters. The molecule has 1 saturated heterocycles. The van der Waals surface area contributed by atoms with Gasteiger partial charge in [0.1, 0.15) is 11.5 Å². The van der Waals surface area contributed by atoms with Gasteiger partial charge in [-0.3, -0.25) is 14.9 Å². The molecule has 0 radical (unpaired) electrons. The number of aromatic nitrogens is 2. The van der Waals surface area contributed by atoms with Crippen LogP contribution in [0.4, 0.5) is 34.8 Å². The minimum absolute atomic E-state index is 0.0102. The summed E-state index contributed by atoms with van der Waals surface area (Å²) in [6, 6.07) is 2.93. The van der Waals surface area contributed by atoms with E-state index >= 15 is 0 Å². The molecular formula is C22H21F4N5O4. The number of fused-ring (bicyclic) bond motifs is 1. The van der Waals surface area contributed by atoms with E-state index < -0.39 is 39.8 Å². The summed E-state index contributed by atoms with van der Waals surface area (Å²) in [6.45, 7) is 3.24. The van der Waals surface area contributed by atoms with Gasteiger partial charge >= 0.3 is 6.18 Å². The van der Waals surface area contributed by atoms with Crippen LogP contribution in [0.25, 0.3) is 10.9 Å². The van der Waals surface area contributed by atoms with Crippen molar-refractivity contribution >= 4 is 28.1 Å². The number of ether oxygens (including phenoxy) is 1. The fourth-order valence-electron chi connectivity index (χ4n) is 4.03. The number of nitro groups is 1. The highest BCUT2D eigenvalue weighted by Crippen LogP contribution is 2.35. The number of non-ortho nitro benzene ring substituents is 1. The molecular weight excluding hydrogens is 474 g/mol. The smallest absolute Gasteiger partial charge is 0.378 e. The Morgan fingerprint density at radius 1 is 1.20 bits per heavy atom. The average molecular weight is 495 g/mol. The van der Waals surface area contributed by atoms with Crippen LogP contribution in [0.3, 0.4) is 0 Å². The van der Waals surface area contributed by atoms with Gasteiger partial charge in [-0.15, -0.1) is 0 Å². The summed E-state index contributed by atoms with van der Waals surface area (Å²) < 4.78 is 61.1. The first kappa shape index (κ1) is 24.4. The number of rotatable bonds is 5. The molecule has 1 N–H and O–H groups in total. The van der Waals surface area contributed by atoms with Crippen LogP contribution in [0.2, 0.25) is 0 Å². The van der Waals surface area contributed by atoms with E-state index in [0.717, 1.165) is 22.9 Å². The van der Waals surface area contributed by atoms with Gasteiger partial charge in [0.05, 0.1) is 41.5 Å². The Kier molecular flexibility index (Phi) is 6.36. The molecule has 13 heteroatoms. The van der Waals surface area contributed by atoms with Crippen molar-refractivity contribution in [3.8, 4) is 0 Å². The maximum absolute atomic E-state index is 14.7. The minimum atomic E-state index is -4.79. The molecule has 4 rings (SSSR count). The van der Waals surface area contributed by atoms with E-state index in [2.05, 4.69) is 10.3 Å². The van der Waals surface area contributed by atoms with Gasteiger partial charge in [-0.25, -0.2) is 9.37 Å². The zero-order valence-electron chi connectivity index (χ0n) is 18.7. The van der Waals surface area contributed by atoms with Crippen LogP contribution in [0.5, 0.6) is 0 Å². The second kappa shape index (κ2) is 9.13. The largest absolute Gasteiger partial charge is 0.416 e. The lowest BCUT2D eigenvalue weighted by Gasteiger charge is -2.29. The Balaban J connectivity index is 1.80. The number of nitrogens with one attached hydrogen (secondary N) is 1. The van der Waals surface area contributed by atoms with Crippen molar-refractivity contribution < 1.29 is 27.2 Å². The van der Waals surface area contributed by atoms with Gasteiger partial charge in [0, 0.05) is 37.7 Å². The summed E-state index contributed by atoms with van der Waals surface area (Å²) in [4.78, 5) is 29.1. The van der Waals surface area contributed by atoms with E-state index in [-0.39, 0.29) is 22.3 Å². The van der Waals surface area contributed by atoms with Crippen LogP contribution in [-0.4, -0.2) is 40.8 Å². The lowest BCUT2D eigenvalue weighted by Crippen LogP contribution is -2.40. The predicted octanol–water partition coefficient (Wildman–Crippen LogP) is 4.01. The van der Waals surface area contributed by atoms with Gasteiger partial charge in [-0.05, 0) is 24.6 Å². The Morgan fingerprint density at radius 3 is 2.51 bits per heavy atom. The third kappa shape index (κ3) is 4.76. The quantitative estimate of drug-likeness (QED) is 0.324. The van der Waals surface area contributed by atoms with Crippen molar-refractivity contribution in [3.63, 3.8) is 0 Å². The molecule has 1 fully saturated rings. The first-order valence-corrected chi connectivity index (χ1v) is 10.6. The number of nitrogens with zero attached hydrogens (tertiary/aromatic N) is 4. The lowest BCUT2D eigenvalue weighted by atomic mass is 10.0. The Labute approximate surface area is 196 Å². The van der Waals surface area contributed by atoms with Gasteiger partial charge in [0.25, 0.3) is 11.2 Å². The molecule has 0 amide bonds. The van der Waals surface area contributed by atoms with Gasteiger partial charge in [0.2, 0.25) is 0 Å². The van der Waals surface area contributed by atoms with Crippen LogP contribution in [0, 0.1) is 15.9 Å². The van der Waals surface area contributed by atoms with Crippen LogP contribution >= 0.6 is 0 Å². The summed E-state index contributed by atoms with van der Waals surface area (Å²) in [7, 11) is 1.42. The summed E-state index contributed by atoms with van der Waals surface area (Å²) in [5.74, 6) is -0.639. The van der Waals surface area contributed by atoms with Gasteiger partial charge in [0.15, 0.2) is 5.82 Å². The van der Waals surface area contributed by atoms with Gasteiger partial charge < -0.3 is 19.5 Å². The standard InChI is InChI=1S/C22H21F4N5O4/c1-12(13-7-14(22(24,25)26)9-15(8-13)31(33)34)28-20-16-10-18(30-3-5-35-6-4-30)21(32)29(2)19(16)17(23)11-27-20/h7-12H,3-6H2,1-2H3,(H,27,28)/t12-/m1/s1. The SMILES string of the molecule is C[C@@H](Nc1ncc(F)c2c1cc(N1CCOCC1)c(=O)n2C)c1cc([N+](=O)[O-])cc(C(F)(F)F)c1. The monoisotopic (exact) mass is 495 g/mol. The number of halogens is 4. The van der Waals surface area contributed by atoms with E-state index in [4.69, 9.17) is 4.74 Å². The second-order valence-corrected chi connectivity index (χ2v) is 8.14. The highest BCUT2D eigenvalue weighted by atomic mass is 19.4. The van der Waals surface area contributed by atoms with E-state index in [9.17, 15) is 32.5 Å². The minimum Gasteiger partial charge on any atom is -0.378 e. The molecule has 0 bridgehead atoms. The normalized spacial score (nSPS) is 15.3. The molecule has 2 aromatic heterocycles. The molecule has 3 heterocycles. The topological polar surface area (TPSA) is 103 Å². The Bertz CT molecular complexity index is 1350. The second-order valence-electron chi connectivity index (χ2n) is 8.14. The number of hydrogen-bond acceptors (Lipinski definition) is 7. The van der Waals surface area contributed by atoms with Gasteiger partial charge in [-0.2, -0.15) is 13.2 Å². The molecule has 9 nitrogen and oxygen atoms in total. The van der Waals surface area contributed by atoms with Crippen LogP contribution < -0.4 is 15.8 Å². The van der Waals surface area contributed by atoms with Crippen molar-refractivity contribution in [2.24, 2.45) is 7.05 Å². The van der Waals surface area contributed by atoms with E-state index in [0.29, 0.717) is 38.1 Å². The summed E-state index contributed by atoms with van der Waals surface area (Å²) >= 11 is 0. The fraction of sp³-hybridized carbons (Fsp3) is 0.364. The maximum Gasteiger partial charge on any atom is 0.416 e. The Hall–Kier alpha value is -3.74. The van der Waals surface area contributed by atoms with Crippen LogP contribution in [0.1, 0.15) is 24.1 Å². The van der Waals surface area contributed by atoms with Crippen LogP contribution in [0.15, 0.2) is 35.3 Å². The van der Waals surface area contributed by atoms with Crippen molar-refractivity contribution in [2.45, 2.75) is 19.1 Å². The fourth-order valence-corrected chi connectivity index (χ4v) is 4.03. The molecule has 1 aliphatic heterocycles. The number of morpholine rings is 1. The molecule has 1 aliphatic rings. The molecule has 1 atom stereocenters. The first-order valence-electron chi connectivity index (χ1n) is 10.6. The number of alkyl halides is 3.